The summed E-state index contributed by atoms with van der Waals surface area (Å²) in [5, 5.41) is 0.694. The van der Waals surface area contributed by atoms with Gasteiger partial charge in [-0.1, -0.05) is 30.8 Å². The van der Waals surface area contributed by atoms with Crippen LogP contribution in [0.4, 0.5) is 15.9 Å². The minimum absolute atomic E-state index is 0.0280. The van der Waals surface area contributed by atoms with E-state index in [0.717, 1.165) is 75.8 Å². The van der Waals surface area contributed by atoms with Crippen LogP contribution in [0, 0.1) is 5.82 Å². The third-order valence-corrected chi connectivity index (χ3v) is 7.38. The van der Waals surface area contributed by atoms with Gasteiger partial charge in [0.2, 0.25) is 0 Å². The summed E-state index contributed by atoms with van der Waals surface area (Å²) in [6.45, 7) is 6.68. The third kappa shape index (κ3) is 5.45. The number of carbonyl (C=O) groups is 1. The molecule has 35 heavy (non-hydrogen) atoms. The van der Waals surface area contributed by atoms with E-state index in [9.17, 15) is 9.18 Å². The van der Waals surface area contributed by atoms with Crippen molar-refractivity contribution in [1.82, 2.24) is 14.9 Å². The van der Waals surface area contributed by atoms with Gasteiger partial charge >= 0.3 is 0 Å². The summed E-state index contributed by atoms with van der Waals surface area (Å²) in [5.41, 5.74) is 1.64. The summed E-state index contributed by atoms with van der Waals surface area (Å²) in [5.74, 6) is 2.39. The molecule has 2 aromatic heterocycles. The number of amides is 1. The van der Waals surface area contributed by atoms with Crippen LogP contribution >= 0.6 is 11.8 Å². The molecule has 7 nitrogen and oxygen atoms in total. The highest BCUT2D eigenvalue weighted by molar-refractivity contribution is 7.98. The molecular formula is C26H30FN5O2S. The second-order valence-corrected chi connectivity index (χ2v) is 9.78. The quantitative estimate of drug-likeness (QED) is 0.350. The summed E-state index contributed by atoms with van der Waals surface area (Å²) in [4.78, 5) is 28.2. The second kappa shape index (κ2) is 10.7. The second-order valence-electron chi connectivity index (χ2n) is 8.83. The lowest BCUT2D eigenvalue weighted by molar-refractivity contribution is 0.0760. The summed E-state index contributed by atoms with van der Waals surface area (Å²) >= 11 is 1.51. The average molecular weight is 496 g/mol. The molecule has 2 aliphatic heterocycles. The van der Waals surface area contributed by atoms with Crippen LogP contribution < -0.4 is 9.80 Å². The van der Waals surface area contributed by atoms with Crippen molar-refractivity contribution in [3.63, 3.8) is 0 Å². The zero-order valence-electron chi connectivity index (χ0n) is 20.0. The van der Waals surface area contributed by atoms with Gasteiger partial charge in [-0.25, -0.2) is 14.4 Å². The number of hydrogen-bond donors (Lipinski definition) is 0. The molecule has 0 bridgehead atoms. The molecule has 184 valence electrons. The van der Waals surface area contributed by atoms with Gasteiger partial charge in [-0.15, -0.1) is 0 Å². The molecule has 1 amide bonds. The van der Waals surface area contributed by atoms with Crippen LogP contribution in [0.2, 0.25) is 0 Å². The Morgan fingerprint density at radius 2 is 1.74 bits per heavy atom. The number of rotatable bonds is 7. The van der Waals surface area contributed by atoms with E-state index >= 15 is 0 Å². The zero-order valence-corrected chi connectivity index (χ0v) is 20.8. The number of carbonyl (C=O) groups excluding carboxylic acids is 1. The maximum atomic E-state index is 14.2. The van der Waals surface area contributed by atoms with E-state index < -0.39 is 0 Å². The van der Waals surface area contributed by atoms with E-state index in [1.165, 1.54) is 17.8 Å². The van der Waals surface area contributed by atoms with Crippen molar-refractivity contribution in [1.29, 1.82) is 0 Å². The molecule has 0 aliphatic carbocycles. The molecule has 3 aromatic rings. The minimum atomic E-state index is -0.182. The number of halogens is 1. The number of benzene rings is 1. The molecule has 4 heterocycles. The first-order chi connectivity index (χ1) is 17.1. The number of piperazine rings is 1. The van der Waals surface area contributed by atoms with Crippen molar-refractivity contribution >= 4 is 29.2 Å². The number of hydrogen-bond acceptors (Lipinski definition) is 7. The first-order valence-corrected chi connectivity index (χ1v) is 13.2. The first-order valence-electron chi connectivity index (χ1n) is 12.2. The Hall–Kier alpha value is -3.07. The molecule has 0 N–H and O–H groups in total. The lowest BCUT2D eigenvalue weighted by atomic mass is 10.2. The molecule has 0 radical (unpaired) electrons. The van der Waals surface area contributed by atoms with Gasteiger partial charge in [-0.3, -0.25) is 4.79 Å². The van der Waals surface area contributed by atoms with Crippen LogP contribution in [0.25, 0.3) is 0 Å². The third-order valence-electron chi connectivity index (χ3n) is 6.51. The minimum Gasteiger partial charge on any atom is -0.455 e. The smallest absolute Gasteiger partial charge is 0.289 e. The zero-order chi connectivity index (χ0) is 24.2. The Morgan fingerprint density at radius 1 is 1.00 bits per heavy atom. The van der Waals surface area contributed by atoms with Crippen molar-refractivity contribution in [2.45, 2.75) is 37.1 Å². The van der Waals surface area contributed by atoms with Crippen LogP contribution in [-0.4, -0.2) is 60.0 Å². The van der Waals surface area contributed by atoms with E-state index in [1.807, 2.05) is 29.2 Å². The van der Waals surface area contributed by atoms with E-state index in [2.05, 4.69) is 21.7 Å². The average Bonchev–Trinajstić information content (AvgIpc) is 3.60. The Balaban J connectivity index is 1.22. The highest BCUT2D eigenvalue weighted by Gasteiger charge is 2.23. The van der Waals surface area contributed by atoms with Gasteiger partial charge in [-0.2, -0.15) is 0 Å². The number of nitrogens with zero attached hydrogens (tertiary/aromatic N) is 5. The molecule has 0 saturated carbocycles. The van der Waals surface area contributed by atoms with Crippen LogP contribution in [0.5, 0.6) is 0 Å². The molecule has 2 fully saturated rings. The normalized spacial score (nSPS) is 16.2. The fraction of sp³-hybridized carbons (Fsp3) is 0.423. The summed E-state index contributed by atoms with van der Waals surface area (Å²) in [7, 11) is 0. The highest BCUT2D eigenvalue weighted by Crippen LogP contribution is 2.27. The molecular weight excluding hydrogens is 465 g/mol. The van der Waals surface area contributed by atoms with Gasteiger partial charge in [0.1, 0.15) is 17.4 Å². The number of aryl methyl sites for hydroxylation is 1. The van der Waals surface area contributed by atoms with Crippen LogP contribution in [0.15, 0.2) is 52.0 Å². The molecule has 2 saturated heterocycles. The van der Waals surface area contributed by atoms with Gasteiger partial charge in [0, 0.05) is 51.0 Å². The van der Waals surface area contributed by atoms with Gasteiger partial charge in [-0.05, 0) is 43.5 Å². The number of para-hydroxylation sites is 1. The van der Waals surface area contributed by atoms with Gasteiger partial charge in [0.15, 0.2) is 10.9 Å². The lowest BCUT2D eigenvalue weighted by Gasteiger charge is -2.37. The van der Waals surface area contributed by atoms with Gasteiger partial charge in [0.05, 0.1) is 11.4 Å². The summed E-state index contributed by atoms with van der Waals surface area (Å²) in [6, 6.07) is 12.6. The Kier molecular flexibility index (Phi) is 7.22. The fourth-order valence-electron chi connectivity index (χ4n) is 4.53. The SMILES string of the molecule is CCc1cc(N2CCN(c3ccccc3F)CC2)nc(SCc2ccc(C(=O)N3CCCC3)o2)n1. The van der Waals surface area contributed by atoms with Crippen LogP contribution in [0.3, 0.4) is 0 Å². The Labute approximate surface area is 209 Å². The maximum absolute atomic E-state index is 14.2. The topological polar surface area (TPSA) is 65.7 Å². The largest absolute Gasteiger partial charge is 0.455 e. The predicted molar refractivity (Wildman–Crippen MR) is 136 cm³/mol. The fourth-order valence-corrected chi connectivity index (χ4v) is 5.30. The van der Waals surface area contributed by atoms with Crippen molar-refractivity contribution in [3.8, 4) is 0 Å². The van der Waals surface area contributed by atoms with Crippen LogP contribution in [-0.2, 0) is 12.2 Å². The molecule has 0 spiro atoms. The number of aromatic nitrogens is 2. The van der Waals surface area contributed by atoms with Crippen molar-refractivity contribution in [3.05, 3.63) is 65.5 Å². The highest BCUT2D eigenvalue weighted by atomic mass is 32.2. The first kappa shape index (κ1) is 23.7. The molecule has 1 aromatic carbocycles. The van der Waals surface area contributed by atoms with Crippen molar-refractivity contribution in [2.24, 2.45) is 0 Å². The van der Waals surface area contributed by atoms with E-state index in [-0.39, 0.29) is 11.7 Å². The monoisotopic (exact) mass is 495 g/mol. The number of likely N-dealkylation sites (tertiary alicyclic amines) is 1. The molecule has 9 heteroatoms. The van der Waals surface area contributed by atoms with Gasteiger partial charge in [0.25, 0.3) is 5.91 Å². The molecule has 0 unspecified atom stereocenters. The van der Waals surface area contributed by atoms with E-state index in [0.29, 0.717) is 22.4 Å². The number of thioether (sulfide) groups is 1. The lowest BCUT2D eigenvalue weighted by Crippen LogP contribution is -2.47. The maximum Gasteiger partial charge on any atom is 0.289 e. The molecule has 2 aliphatic rings. The predicted octanol–water partition coefficient (Wildman–Crippen LogP) is 4.63. The number of furan rings is 1. The summed E-state index contributed by atoms with van der Waals surface area (Å²) in [6.07, 6.45) is 2.93. The summed E-state index contributed by atoms with van der Waals surface area (Å²) < 4.78 is 20.0. The molecule has 0 atom stereocenters. The van der Waals surface area contributed by atoms with Crippen molar-refractivity contribution < 1.29 is 13.6 Å². The Morgan fingerprint density at radius 3 is 2.49 bits per heavy atom. The van der Waals surface area contributed by atoms with E-state index in [1.54, 1.807) is 12.1 Å². The van der Waals surface area contributed by atoms with E-state index in [4.69, 9.17) is 9.40 Å². The number of anilines is 2. The van der Waals surface area contributed by atoms with Crippen molar-refractivity contribution in [2.75, 3.05) is 49.1 Å². The molecule has 5 rings (SSSR count). The van der Waals surface area contributed by atoms with Crippen LogP contribution in [0.1, 0.15) is 41.8 Å². The van der Waals surface area contributed by atoms with Gasteiger partial charge < -0.3 is 19.1 Å². The Bertz CT molecular complexity index is 1170. The standard InChI is InChI=1S/C26H30FN5O2S/c1-2-19-17-24(31-15-13-30(14-16-31)22-8-4-3-7-21(22)27)29-26(28-19)35-18-20-9-10-23(34-20)25(33)32-11-5-6-12-32/h3-4,7-10,17H,2,5-6,11-16,18H2,1H3.